The van der Waals surface area contributed by atoms with Gasteiger partial charge in [-0.2, -0.15) is 13.2 Å². The smallest absolute Gasteiger partial charge is 0.434 e. The Morgan fingerprint density at radius 1 is 1.26 bits per heavy atom. The number of carbonyl (C=O) groups is 1. The third-order valence-electron chi connectivity index (χ3n) is 2.43. The maximum atomic E-state index is 13.3. The van der Waals surface area contributed by atoms with Crippen LogP contribution < -0.4 is 0 Å². The highest BCUT2D eigenvalue weighted by atomic mass is 19.4. The summed E-state index contributed by atoms with van der Waals surface area (Å²) in [4.78, 5) is 17.6. The molecule has 2 aromatic heterocycles. The lowest BCUT2D eigenvalue weighted by molar-refractivity contribution is -0.141. The van der Waals surface area contributed by atoms with E-state index in [-0.39, 0.29) is 16.7 Å². The molecule has 0 saturated carbocycles. The molecule has 0 saturated heterocycles. The highest BCUT2D eigenvalue weighted by molar-refractivity contribution is 5.93. The van der Waals surface area contributed by atoms with Gasteiger partial charge in [0.05, 0.1) is 11.3 Å². The minimum Gasteiger partial charge on any atom is -0.478 e. The highest BCUT2D eigenvalue weighted by Crippen LogP contribution is 2.32. The molecule has 0 unspecified atom stereocenters. The summed E-state index contributed by atoms with van der Waals surface area (Å²) in [6.45, 7) is 1.27. The summed E-state index contributed by atoms with van der Waals surface area (Å²) in [6, 6.07) is 1.61. The van der Waals surface area contributed by atoms with Gasteiger partial charge in [-0.05, 0) is 19.1 Å². The van der Waals surface area contributed by atoms with E-state index in [9.17, 15) is 22.4 Å². The summed E-state index contributed by atoms with van der Waals surface area (Å²) in [6.07, 6.45) is -4.92. The summed E-state index contributed by atoms with van der Waals surface area (Å²) < 4.78 is 51.3. The molecule has 0 fully saturated rings. The lowest BCUT2D eigenvalue weighted by Crippen LogP contribution is -2.16. The molecule has 0 amide bonds. The molecule has 0 spiro atoms. The normalized spacial score (nSPS) is 11.8. The van der Waals surface area contributed by atoms with Crippen molar-refractivity contribution in [3.05, 3.63) is 34.9 Å². The number of fused-ring (bicyclic) bond motifs is 1. The minimum absolute atomic E-state index is 0.103. The first-order chi connectivity index (χ1) is 8.70. The number of pyridine rings is 2. The zero-order valence-electron chi connectivity index (χ0n) is 9.42. The molecule has 4 nitrogen and oxygen atoms in total. The van der Waals surface area contributed by atoms with Crippen LogP contribution in [0.1, 0.15) is 21.7 Å². The van der Waals surface area contributed by atoms with Gasteiger partial charge >= 0.3 is 12.1 Å². The molecule has 0 bridgehead atoms. The van der Waals surface area contributed by atoms with Crippen LogP contribution in [-0.4, -0.2) is 21.0 Å². The zero-order chi connectivity index (χ0) is 14.4. The maximum absolute atomic E-state index is 13.3. The number of alkyl halides is 3. The Bertz CT molecular complexity index is 682. The van der Waals surface area contributed by atoms with Crippen LogP contribution in [0.25, 0.3) is 11.0 Å². The van der Waals surface area contributed by atoms with E-state index in [2.05, 4.69) is 9.97 Å². The Kier molecular flexibility index (Phi) is 2.88. The van der Waals surface area contributed by atoms with Gasteiger partial charge < -0.3 is 5.11 Å². The number of hydrogen-bond donors (Lipinski definition) is 1. The van der Waals surface area contributed by atoms with Gasteiger partial charge in [-0.3, -0.25) is 0 Å². The van der Waals surface area contributed by atoms with Gasteiger partial charge in [-0.15, -0.1) is 0 Å². The van der Waals surface area contributed by atoms with Crippen molar-refractivity contribution in [2.45, 2.75) is 13.1 Å². The first-order valence-electron chi connectivity index (χ1n) is 4.98. The number of halogens is 4. The summed E-state index contributed by atoms with van der Waals surface area (Å²) in [5.41, 5.74) is -3.05. The Labute approximate surface area is 103 Å². The summed E-state index contributed by atoms with van der Waals surface area (Å²) in [7, 11) is 0. The van der Waals surface area contributed by atoms with Crippen molar-refractivity contribution in [3.63, 3.8) is 0 Å². The molecule has 2 rings (SSSR count). The second-order valence-electron chi connectivity index (χ2n) is 3.79. The number of carboxylic acid groups (broad SMARTS) is 1. The van der Waals surface area contributed by atoms with E-state index in [1.54, 1.807) is 0 Å². The van der Waals surface area contributed by atoms with Crippen LogP contribution in [0.2, 0.25) is 0 Å². The van der Waals surface area contributed by atoms with E-state index in [4.69, 9.17) is 5.11 Å². The first-order valence-corrected chi connectivity index (χ1v) is 4.98. The van der Waals surface area contributed by atoms with E-state index < -0.39 is 29.2 Å². The Morgan fingerprint density at radius 2 is 1.89 bits per heavy atom. The summed E-state index contributed by atoms with van der Waals surface area (Å²) in [5, 5.41) is 8.65. The molecule has 0 atom stereocenters. The monoisotopic (exact) mass is 274 g/mol. The lowest BCUT2D eigenvalue weighted by Gasteiger charge is -2.10. The van der Waals surface area contributed by atoms with Crippen molar-refractivity contribution in [2.75, 3.05) is 0 Å². The number of hydrogen-bond acceptors (Lipinski definition) is 3. The molecule has 19 heavy (non-hydrogen) atoms. The highest BCUT2D eigenvalue weighted by Gasteiger charge is 2.38. The number of nitrogens with zero attached hydrogens (tertiary/aromatic N) is 2. The van der Waals surface area contributed by atoms with Gasteiger partial charge in [0.15, 0.2) is 11.3 Å². The number of rotatable bonds is 1. The number of carboxylic acids is 1. The van der Waals surface area contributed by atoms with Crippen LogP contribution in [0.3, 0.4) is 0 Å². The van der Waals surface area contributed by atoms with E-state index in [1.165, 1.54) is 6.92 Å². The van der Waals surface area contributed by atoms with Crippen LogP contribution in [0.5, 0.6) is 0 Å². The largest absolute Gasteiger partial charge is 0.478 e. The third kappa shape index (κ3) is 2.33. The average Bonchev–Trinajstić information content (AvgIpc) is 2.27. The molecule has 2 heterocycles. The predicted octanol–water partition coefficient (Wildman–Crippen LogP) is 2.79. The van der Waals surface area contributed by atoms with Crippen molar-refractivity contribution in [2.24, 2.45) is 0 Å². The number of aromatic nitrogens is 2. The molecule has 8 heteroatoms. The van der Waals surface area contributed by atoms with Crippen LogP contribution in [0.4, 0.5) is 17.6 Å². The fourth-order valence-corrected chi connectivity index (χ4v) is 1.55. The van der Waals surface area contributed by atoms with Crippen LogP contribution in [0.15, 0.2) is 12.1 Å². The quantitative estimate of drug-likeness (QED) is 0.812. The molecule has 1 N–H and O–H groups in total. The molecular weight excluding hydrogens is 268 g/mol. The van der Waals surface area contributed by atoms with Crippen LogP contribution in [-0.2, 0) is 6.18 Å². The molecule has 2 aromatic rings. The van der Waals surface area contributed by atoms with E-state index in [0.29, 0.717) is 6.07 Å². The minimum atomic E-state index is -4.92. The molecule has 0 aliphatic rings. The summed E-state index contributed by atoms with van der Waals surface area (Å²) in [5.74, 6) is -2.53. The third-order valence-corrected chi connectivity index (χ3v) is 2.43. The Hall–Kier alpha value is -2.25. The Morgan fingerprint density at radius 3 is 2.42 bits per heavy atom. The molecule has 0 aliphatic heterocycles. The van der Waals surface area contributed by atoms with Gasteiger partial charge in [0, 0.05) is 5.39 Å². The maximum Gasteiger partial charge on any atom is 0.434 e. The molecular formula is C11H6F4N2O2. The van der Waals surface area contributed by atoms with Gasteiger partial charge in [0.25, 0.3) is 0 Å². The van der Waals surface area contributed by atoms with E-state index in [0.717, 1.165) is 6.07 Å². The molecule has 0 aromatic carbocycles. The van der Waals surface area contributed by atoms with Crippen LogP contribution >= 0.6 is 0 Å². The first kappa shape index (κ1) is 13.2. The van der Waals surface area contributed by atoms with E-state index >= 15 is 0 Å². The fourth-order valence-electron chi connectivity index (χ4n) is 1.55. The van der Waals surface area contributed by atoms with Crippen molar-refractivity contribution in [1.82, 2.24) is 9.97 Å². The van der Waals surface area contributed by atoms with Crippen LogP contribution in [0, 0.1) is 12.7 Å². The molecule has 0 radical (unpaired) electrons. The van der Waals surface area contributed by atoms with Crippen molar-refractivity contribution in [1.29, 1.82) is 0 Å². The van der Waals surface area contributed by atoms with Crippen molar-refractivity contribution in [3.8, 4) is 0 Å². The number of aromatic carboxylic acids is 1. The van der Waals surface area contributed by atoms with Gasteiger partial charge in [0.1, 0.15) is 5.82 Å². The van der Waals surface area contributed by atoms with Crippen molar-refractivity contribution >= 4 is 17.0 Å². The lowest BCUT2D eigenvalue weighted by atomic mass is 10.1. The Balaban J connectivity index is 2.84. The predicted molar refractivity (Wildman–Crippen MR) is 56.2 cm³/mol. The summed E-state index contributed by atoms with van der Waals surface area (Å²) >= 11 is 0. The zero-order valence-corrected chi connectivity index (χ0v) is 9.42. The molecule has 0 aliphatic carbocycles. The fraction of sp³-hybridized carbons (Fsp3) is 0.182. The average molecular weight is 274 g/mol. The van der Waals surface area contributed by atoms with Gasteiger partial charge in [0.2, 0.25) is 0 Å². The number of aryl methyl sites for hydroxylation is 1. The molecule has 100 valence electrons. The van der Waals surface area contributed by atoms with Gasteiger partial charge in [-0.25, -0.2) is 19.2 Å². The van der Waals surface area contributed by atoms with Gasteiger partial charge in [-0.1, -0.05) is 0 Å². The topological polar surface area (TPSA) is 63.1 Å². The SMILES string of the molecule is Cc1nc2nc(C(F)(F)F)c(C(=O)O)cc2cc1F. The van der Waals surface area contributed by atoms with E-state index in [1.807, 2.05) is 0 Å². The second kappa shape index (κ2) is 4.15. The standard InChI is InChI=1S/C11H6F4N2O2/c1-4-7(12)3-5-2-6(10(18)19)8(11(13,14)15)17-9(5)16-4/h2-3H,1H3,(H,18,19). The van der Waals surface area contributed by atoms with Crippen molar-refractivity contribution < 1.29 is 27.5 Å². The second-order valence-corrected chi connectivity index (χ2v) is 3.79.